The van der Waals surface area contributed by atoms with Gasteiger partial charge in [-0.2, -0.15) is 8.42 Å². The molecule has 0 bridgehead atoms. The first kappa shape index (κ1) is 21.9. The molecule has 0 atom stereocenters. The zero-order chi connectivity index (χ0) is 16.6. The van der Waals surface area contributed by atoms with Gasteiger partial charge in [0.05, 0.1) is 0 Å². The Morgan fingerprint density at radius 1 is 1.14 bits per heavy atom. The third-order valence-corrected chi connectivity index (χ3v) is 3.85. The van der Waals surface area contributed by atoms with Crippen molar-refractivity contribution in [3.63, 3.8) is 0 Å². The van der Waals surface area contributed by atoms with Crippen LogP contribution in [0.5, 0.6) is 0 Å². The van der Waals surface area contributed by atoms with Crippen LogP contribution in [0, 0.1) is 20.8 Å². The zero-order valence-electron chi connectivity index (χ0n) is 12.4. The molecular formula is C10H11BF4KN3O2S. The van der Waals surface area contributed by atoms with Gasteiger partial charge in [0, 0.05) is 10.6 Å². The Kier molecular flexibility index (Phi) is 7.61. The first-order chi connectivity index (χ1) is 9.40. The molecule has 12 heteroatoms. The van der Waals surface area contributed by atoms with E-state index in [1.54, 1.807) is 0 Å². The quantitative estimate of drug-likeness (QED) is 0.194. The Hall–Kier alpha value is -0.0987. The van der Waals surface area contributed by atoms with Crippen molar-refractivity contribution in [1.29, 1.82) is 0 Å². The summed E-state index contributed by atoms with van der Waals surface area (Å²) >= 11 is 0. The molecule has 0 aliphatic rings. The van der Waals surface area contributed by atoms with Crippen molar-refractivity contribution in [3.8, 4) is 0 Å². The summed E-state index contributed by atoms with van der Waals surface area (Å²) in [5.41, 5.74) is 6.09. The SMILES string of the molecule is Cc1c(CS(=O)(=O)F)c(C)c([B-](F)(F)F)c(C)c1N=[N+]=[N-].[K+]. The van der Waals surface area contributed by atoms with Crippen molar-refractivity contribution in [2.45, 2.75) is 26.5 Å². The Morgan fingerprint density at radius 2 is 1.64 bits per heavy atom. The minimum absolute atomic E-state index is 0. The molecule has 0 fully saturated rings. The normalized spacial score (nSPS) is 11.6. The number of rotatable bonds is 4. The van der Waals surface area contributed by atoms with Gasteiger partial charge in [-0.25, -0.2) is 0 Å². The van der Waals surface area contributed by atoms with E-state index in [0.29, 0.717) is 0 Å². The Balaban J connectivity index is 0.00000441. The van der Waals surface area contributed by atoms with Crippen LogP contribution in [0.4, 0.5) is 22.5 Å². The van der Waals surface area contributed by atoms with Crippen LogP contribution in [0.3, 0.4) is 0 Å². The predicted octanol–water partition coefficient (Wildman–Crippen LogP) is 0.411. The maximum absolute atomic E-state index is 13.2. The van der Waals surface area contributed by atoms with E-state index in [9.17, 15) is 25.3 Å². The van der Waals surface area contributed by atoms with E-state index in [0.717, 1.165) is 13.8 Å². The van der Waals surface area contributed by atoms with Gasteiger partial charge < -0.3 is 12.9 Å². The Labute approximate surface area is 167 Å². The van der Waals surface area contributed by atoms with Crippen LogP contribution in [-0.2, 0) is 16.0 Å². The van der Waals surface area contributed by atoms with Gasteiger partial charge >= 0.3 is 68.6 Å². The molecular weight excluding hydrogens is 352 g/mol. The van der Waals surface area contributed by atoms with Gasteiger partial charge in [0.1, 0.15) is 5.75 Å². The third-order valence-electron chi connectivity index (χ3n) is 3.21. The average molecular weight is 363 g/mol. The fraction of sp³-hybridized carbons (Fsp3) is 0.400. The molecule has 0 spiro atoms. The topological polar surface area (TPSA) is 82.9 Å². The summed E-state index contributed by atoms with van der Waals surface area (Å²) < 4.78 is 73.9. The standard InChI is InChI=1S/C10H11BF4N3O2S.K/c1-5-8(4-21(15,19)20)6(2)10(17-18-16)7(3)9(5)11(12,13)14;/h4H2,1-3H3;/q-1;+1. The van der Waals surface area contributed by atoms with Crippen LogP contribution in [0.15, 0.2) is 5.11 Å². The van der Waals surface area contributed by atoms with E-state index in [4.69, 9.17) is 5.53 Å². The molecule has 1 rings (SSSR count). The average Bonchev–Trinajstić information content (AvgIpc) is 2.27. The molecule has 0 heterocycles. The fourth-order valence-corrected chi connectivity index (χ4v) is 3.13. The molecule has 1 aromatic carbocycles. The number of azide groups is 1. The van der Waals surface area contributed by atoms with Gasteiger partial charge in [-0.15, -0.1) is 9.35 Å². The van der Waals surface area contributed by atoms with Crippen LogP contribution in [0.25, 0.3) is 10.4 Å². The van der Waals surface area contributed by atoms with Gasteiger partial charge in [-0.05, 0) is 37.4 Å². The van der Waals surface area contributed by atoms with Crippen LogP contribution < -0.4 is 56.8 Å². The van der Waals surface area contributed by atoms with Gasteiger partial charge in [0.15, 0.2) is 0 Å². The molecule has 0 radical (unpaired) electrons. The predicted molar refractivity (Wildman–Crippen MR) is 71.9 cm³/mol. The largest absolute Gasteiger partial charge is 1.00 e. The van der Waals surface area contributed by atoms with E-state index in [2.05, 4.69) is 10.0 Å². The second-order valence-electron chi connectivity index (χ2n) is 4.56. The first-order valence-corrected chi connectivity index (χ1v) is 7.25. The number of nitrogens with zero attached hydrogens (tertiary/aromatic N) is 3. The summed E-state index contributed by atoms with van der Waals surface area (Å²) in [6.07, 6.45) is 0. The maximum Gasteiger partial charge on any atom is 1.00 e. The molecule has 5 nitrogen and oxygen atoms in total. The summed E-state index contributed by atoms with van der Waals surface area (Å²) in [5, 5.41) is 3.18. The molecule has 0 aliphatic heterocycles. The number of hydrogen-bond donors (Lipinski definition) is 0. The summed E-state index contributed by atoms with van der Waals surface area (Å²) in [6, 6.07) is 0. The minimum Gasteiger partial charge on any atom is -0.445 e. The van der Waals surface area contributed by atoms with Crippen molar-refractivity contribution in [3.05, 3.63) is 32.7 Å². The summed E-state index contributed by atoms with van der Waals surface area (Å²) in [7, 11) is -5.02. The van der Waals surface area contributed by atoms with E-state index in [1.807, 2.05) is 0 Å². The molecule has 0 aromatic heterocycles. The van der Waals surface area contributed by atoms with Gasteiger partial charge in [0.25, 0.3) is 0 Å². The zero-order valence-corrected chi connectivity index (χ0v) is 16.3. The van der Waals surface area contributed by atoms with Gasteiger partial charge in [-0.1, -0.05) is 16.2 Å². The Bertz CT molecular complexity index is 746. The molecule has 22 heavy (non-hydrogen) atoms. The number of benzene rings is 1. The van der Waals surface area contributed by atoms with E-state index < -0.39 is 28.4 Å². The van der Waals surface area contributed by atoms with Crippen molar-refractivity contribution in [1.82, 2.24) is 0 Å². The molecule has 0 unspecified atom stereocenters. The van der Waals surface area contributed by atoms with Crippen molar-refractivity contribution in [2.75, 3.05) is 0 Å². The smallest absolute Gasteiger partial charge is 0.445 e. The van der Waals surface area contributed by atoms with Crippen LogP contribution in [-0.4, -0.2) is 15.4 Å². The maximum atomic E-state index is 13.2. The molecule has 116 valence electrons. The second-order valence-corrected chi connectivity index (χ2v) is 5.93. The molecule has 0 aliphatic carbocycles. The fourth-order valence-electron chi connectivity index (χ4n) is 2.35. The van der Waals surface area contributed by atoms with Gasteiger partial charge in [0.2, 0.25) is 0 Å². The van der Waals surface area contributed by atoms with E-state index in [1.165, 1.54) is 6.92 Å². The van der Waals surface area contributed by atoms with Crippen molar-refractivity contribution in [2.24, 2.45) is 5.11 Å². The molecule has 0 N–H and O–H groups in total. The Morgan fingerprint density at radius 3 is 2.00 bits per heavy atom. The number of hydrogen-bond acceptors (Lipinski definition) is 3. The number of halogens is 4. The van der Waals surface area contributed by atoms with E-state index in [-0.39, 0.29) is 79.3 Å². The molecule has 0 saturated carbocycles. The molecule has 1 aromatic rings. The van der Waals surface area contributed by atoms with Crippen LogP contribution >= 0.6 is 0 Å². The molecule has 0 saturated heterocycles. The van der Waals surface area contributed by atoms with Crippen LogP contribution in [0.1, 0.15) is 22.3 Å². The summed E-state index contributed by atoms with van der Waals surface area (Å²) in [6.45, 7) is -1.98. The van der Waals surface area contributed by atoms with Crippen molar-refractivity contribution < 1.29 is 76.6 Å². The van der Waals surface area contributed by atoms with Crippen LogP contribution in [0.2, 0.25) is 0 Å². The second kappa shape index (κ2) is 7.65. The summed E-state index contributed by atoms with van der Waals surface area (Å²) in [4.78, 5) is 2.44. The van der Waals surface area contributed by atoms with Crippen molar-refractivity contribution >= 4 is 28.4 Å². The monoisotopic (exact) mass is 363 g/mol. The minimum atomic E-state index is -5.47. The third kappa shape index (κ3) is 4.95. The molecule has 0 amide bonds. The summed E-state index contributed by atoms with van der Waals surface area (Å²) in [5.74, 6) is -1.20. The van der Waals surface area contributed by atoms with Gasteiger partial charge in [-0.3, -0.25) is 0 Å². The first-order valence-electron chi connectivity index (χ1n) is 5.70. The van der Waals surface area contributed by atoms with E-state index >= 15 is 0 Å².